The van der Waals surface area contributed by atoms with Gasteiger partial charge in [-0.2, -0.15) is 0 Å². The van der Waals surface area contributed by atoms with Gasteiger partial charge in [0.15, 0.2) is 6.61 Å². The van der Waals surface area contributed by atoms with E-state index in [9.17, 15) is 19.7 Å². The molecule has 0 fully saturated rings. The van der Waals surface area contributed by atoms with E-state index in [0.29, 0.717) is 17.8 Å². The number of carbonyl (C=O) groups excluding carboxylic acids is 1. The van der Waals surface area contributed by atoms with Gasteiger partial charge in [0.05, 0.1) is 23.8 Å². The highest BCUT2D eigenvalue weighted by Crippen LogP contribution is 2.29. The highest BCUT2D eigenvalue weighted by atomic mass is 16.6. The Labute approximate surface area is 165 Å². The molecule has 0 saturated carbocycles. The smallest absolute Gasteiger partial charge is 0.336 e. The number of amides is 1. The molecule has 9 nitrogen and oxygen atoms in total. The van der Waals surface area contributed by atoms with Crippen molar-refractivity contribution in [2.24, 2.45) is 0 Å². The van der Waals surface area contributed by atoms with E-state index in [-0.39, 0.29) is 23.7 Å². The third kappa shape index (κ3) is 4.52. The zero-order valence-corrected chi connectivity index (χ0v) is 15.8. The number of hydrogen-bond acceptors (Lipinski definition) is 7. The lowest BCUT2D eigenvalue weighted by molar-refractivity contribution is -0.384. The molecule has 1 heterocycles. The second kappa shape index (κ2) is 8.42. The summed E-state index contributed by atoms with van der Waals surface area (Å²) in [7, 11) is 1.35. The molecule has 0 spiro atoms. The average molecular weight is 398 g/mol. The molecular formula is C20H18N2O7. The van der Waals surface area contributed by atoms with Gasteiger partial charge in [-0.15, -0.1) is 0 Å². The predicted molar refractivity (Wildman–Crippen MR) is 106 cm³/mol. The van der Waals surface area contributed by atoms with Crippen molar-refractivity contribution in [2.45, 2.75) is 13.3 Å². The Hall–Kier alpha value is -3.88. The van der Waals surface area contributed by atoms with Gasteiger partial charge in [-0.3, -0.25) is 14.9 Å². The van der Waals surface area contributed by atoms with Crippen LogP contribution in [-0.2, 0) is 11.2 Å². The lowest BCUT2D eigenvalue weighted by Gasteiger charge is -2.11. The molecule has 3 aromatic rings. The summed E-state index contributed by atoms with van der Waals surface area (Å²) in [5, 5.41) is 14.2. The molecule has 0 atom stereocenters. The van der Waals surface area contributed by atoms with Crippen molar-refractivity contribution in [1.29, 1.82) is 0 Å². The van der Waals surface area contributed by atoms with Gasteiger partial charge in [-0.25, -0.2) is 4.79 Å². The lowest BCUT2D eigenvalue weighted by Crippen LogP contribution is -2.20. The maximum atomic E-state index is 12.2. The Morgan fingerprint density at radius 1 is 1.21 bits per heavy atom. The molecule has 0 radical (unpaired) electrons. The molecule has 29 heavy (non-hydrogen) atoms. The zero-order valence-electron chi connectivity index (χ0n) is 15.8. The minimum atomic E-state index is -0.556. The number of nitro benzene ring substituents is 1. The van der Waals surface area contributed by atoms with Gasteiger partial charge in [-0.1, -0.05) is 6.92 Å². The summed E-state index contributed by atoms with van der Waals surface area (Å²) in [5.74, 6) is 0.0351. The lowest BCUT2D eigenvalue weighted by atomic mass is 10.1. The summed E-state index contributed by atoms with van der Waals surface area (Å²) < 4.78 is 15.8. The number of nitrogens with one attached hydrogen (secondary N) is 1. The fourth-order valence-corrected chi connectivity index (χ4v) is 2.82. The van der Waals surface area contributed by atoms with Crippen LogP contribution in [0.5, 0.6) is 11.5 Å². The summed E-state index contributed by atoms with van der Waals surface area (Å²) in [5.41, 5.74) is 0.925. The Morgan fingerprint density at radius 2 is 2.00 bits per heavy atom. The number of nitro groups is 1. The number of aryl methyl sites for hydroxylation is 1. The molecule has 0 aliphatic rings. The van der Waals surface area contributed by atoms with Gasteiger partial charge in [0.1, 0.15) is 17.1 Å². The van der Waals surface area contributed by atoms with Crippen LogP contribution in [0.15, 0.2) is 51.7 Å². The van der Waals surface area contributed by atoms with Crippen LogP contribution in [0.25, 0.3) is 11.0 Å². The quantitative estimate of drug-likeness (QED) is 0.368. The summed E-state index contributed by atoms with van der Waals surface area (Å²) in [6.07, 6.45) is 0.682. The Morgan fingerprint density at radius 3 is 2.69 bits per heavy atom. The van der Waals surface area contributed by atoms with Gasteiger partial charge >= 0.3 is 5.63 Å². The van der Waals surface area contributed by atoms with Crippen molar-refractivity contribution in [3.63, 3.8) is 0 Å². The number of nitrogens with zero attached hydrogens (tertiary/aromatic N) is 1. The van der Waals surface area contributed by atoms with E-state index in [1.54, 1.807) is 18.2 Å². The van der Waals surface area contributed by atoms with Crippen LogP contribution >= 0.6 is 0 Å². The van der Waals surface area contributed by atoms with Crippen LogP contribution in [-0.4, -0.2) is 24.5 Å². The molecule has 0 saturated heterocycles. The molecule has 9 heteroatoms. The normalized spacial score (nSPS) is 10.6. The molecule has 0 aliphatic heterocycles. The maximum absolute atomic E-state index is 12.2. The fraction of sp³-hybridized carbons (Fsp3) is 0.200. The average Bonchev–Trinajstić information content (AvgIpc) is 2.71. The molecule has 150 valence electrons. The molecule has 1 N–H and O–H groups in total. The number of methoxy groups -OCH3 is 1. The number of rotatable bonds is 7. The van der Waals surface area contributed by atoms with E-state index in [4.69, 9.17) is 13.9 Å². The summed E-state index contributed by atoms with van der Waals surface area (Å²) in [6.45, 7) is 1.62. The first-order valence-corrected chi connectivity index (χ1v) is 8.73. The number of benzene rings is 2. The van der Waals surface area contributed by atoms with Crippen molar-refractivity contribution < 1.29 is 23.6 Å². The van der Waals surface area contributed by atoms with Crippen molar-refractivity contribution in [3.05, 3.63) is 68.6 Å². The monoisotopic (exact) mass is 398 g/mol. The van der Waals surface area contributed by atoms with E-state index >= 15 is 0 Å². The largest absolute Gasteiger partial charge is 0.494 e. The van der Waals surface area contributed by atoms with E-state index in [1.165, 1.54) is 31.4 Å². The summed E-state index contributed by atoms with van der Waals surface area (Å²) in [6, 6.07) is 10.3. The maximum Gasteiger partial charge on any atom is 0.336 e. The first kappa shape index (κ1) is 19.9. The van der Waals surface area contributed by atoms with Gasteiger partial charge in [0.25, 0.3) is 11.6 Å². The number of anilines is 1. The highest BCUT2D eigenvalue weighted by molar-refractivity contribution is 5.93. The standard InChI is InChI=1S/C20H18N2O7/c1-3-12-8-20(24)29-17-10-14(5-6-15(12)17)28-11-19(23)21-16-7-4-13(22(25)26)9-18(16)27-2/h4-10H,3,11H2,1-2H3,(H,21,23). The number of ether oxygens (including phenoxy) is 2. The topological polar surface area (TPSA) is 121 Å². The molecule has 1 amide bonds. The van der Waals surface area contributed by atoms with Crippen molar-refractivity contribution in [1.82, 2.24) is 0 Å². The third-order valence-electron chi connectivity index (χ3n) is 4.22. The predicted octanol–water partition coefficient (Wildman–Crippen LogP) is 3.29. The van der Waals surface area contributed by atoms with Crippen LogP contribution < -0.4 is 20.4 Å². The van der Waals surface area contributed by atoms with Gasteiger partial charge in [0.2, 0.25) is 0 Å². The molecule has 2 aromatic carbocycles. The first-order chi connectivity index (χ1) is 13.9. The molecule has 3 rings (SSSR count). The van der Waals surface area contributed by atoms with Gasteiger partial charge in [-0.05, 0) is 30.2 Å². The first-order valence-electron chi connectivity index (χ1n) is 8.73. The van der Waals surface area contributed by atoms with Crippen molar-refractivity contribution in [3.8, 4) is 11.5 Å². The number of carbonyl (C=O) groups is 1. The Bertz CT molecular complexity index is 1140. The van der Waals surface area contributed by atoms with Crippen LogP contribution in [0.4, 0.5) is 11.4 Å². The van der Waals surface area contributed by atoms with Crippen LogP contribution in [0.3, 0.4) is 0 Å². The molecule has 0 bridgehead atoms. The molecule has 0 aliphatic carbocycles. The minimum Gasteiger partial charge on any atom is -0.494 e. The van der Waals surface area contributed by atoms with Gasteiger partial charge < -0.3 is 19.2 Å². The third-order valence-corrected chi connectivity index (χ3v) is 4.22. The summed E-state index contributed by atoms with van der Waals surface area (Å²) in [4.78, 5) is 34.1. The van der Waals surface area contributed by atoms with Crippen LogP contribution in [0.2, 0.25) is 0 Å². The van der Waals surface area contributed by atoms with E-state index in [0.717, 1.165) is 10.9 Å². The van der Waals surface area contributed by atoms with Crippen molar-refractivity contribution in [2.75, 3.05) is 19.0 Å². The SMILES string of the molecule is CCc1cc(=O)oc2cc(OCC(=O)Nc3ccc([N+](=O)[O-])cc3OC)ccc12. The van der Waals surface area contributed by atoms with E-state index in [1.807, 2.05) is 6.92 Å². The van der Waals surface area contributed by atoms with Crippen LogP contribution in [0, 0.1) is 10.1 Å². The second-order valence-electron chi connectivity index (χ2n) is 6.08. The number of hydrogen-bond donors (Lipinski definition) is 1. The molecular weight excluding hydrogens is 380 g/mol. The second-order valence-corrected chi connectivity index (χ2v) is 6.08. The van der Waals surface area contributed by atoms with E-state index in [2.05, 4.69) is 5.32 Å². The fourth-order valence-electron chi connectivity index (χ4n) is 2.82. The minimum absolute atomic E-state index is 0.153. The number of fused-ring (bicyclic) bond motifs is 1. The number of non-ortho nitro benzene ring substituents is 1. The molecule has 1 aromatic heterocycles. The Kier molecular flexibility index (Phi) is 5.77. The molecule has 0 unspecified atom stereocenters. The summed E-state index contributed by atoms with van der Waals surface area (Å²) >= 11 is 0. The highest BCUT2D eigenvalue weighted by Gasteiger charge is 2.14. The van der Waals surface area contributed by atoms with Crippen LogP contribution in [0.1, 0.15) is 12.5 Å². The zero-order chi connectivity index (χ0) is 21.0. The Balaban J connectivity index is 1.71. The van der Waals surface area contributed by atoms with E-state index < -0.39 is 16.5 Å². The van der Waals surface area contributed by atoms with Gasteiger partial charge in [0, 0.05) is 23.6 Å². The van der Waals surface area contributed by atoms with Crippen molar-refractivity contribution >= 4 is 28.3 Å².